The average Bonchev–Trinajstić information content (AvgIpc) is 2.82. The zero-order chi connectivity index (χ0) is 13.0. The van der Waals surface area contributed by atoms with Gasteiger partial charge < -0.3 is 5.32 Å². The van der Waals surface area contributed by atoms with Crippen molar-refractivity contribution < 1.29 is 4.79 Å². The van der Waals surface area contributed by atoms with Crippen LogP contribution in [0.3, 0.4) is 0 Å². The standard InChI is InChI=1S/C14H16N2OS/c1-3-14(17)11-4-6-12(7-5-11)16-9-13-8-15-10(2)18-13/h4-8,16H,3,9H2,1-2H3. The lowest BCUT2D eigenvalue weighted by molar-refractivity contribution is 0.0988. The highest BCUT2D eigenvalue weighted by Gasteiger charge is 2.02. The van der Waals surface area contributed by atoms with E-state index in [2.05, 4.69) is 10.3 Å². The molecule has 0 aliphatic carbocycles. The van der Waals surface area contributed by atoms with Crippen molar-refractivity contribution in [3.8, 4) is 0 Å². The molecule has 0 aliphatic rings. The summed E-state index contributed by atoms with van der Waals surface area (Å²) < 4.78 is 0. The minimum Gasteiger partial charge on any atom is -0.380 e. The number of thiazole rings is 1. The summed E-state index contributed by atoms with van der Waals surface area (Å²) in [6, 6.07) is 7.62. The molecule has 0 saturated carbocycles. The number of carbonyl (C=O) groups excluding carboxylic acids is 1. The van der Waals surface area contributed by atoms with Crippen molar-refractivity contribution in [1.29, 1.82) is 0 Å². The molecule has 0 bridgehead atoms. The number of Topliss-reactive ketones (excluding diaryl/α,β-unsaturated/α-hetero) is 1. The van der Waals surface area contributed by atoms with Crippen LogP contribution in [0.5, 0.6) is 0 Å². The van der Waals surface area contributed by atoms with E-state index in [-0.39, 0.29) is 5.78 Å². The van der Waals surface area contributed by atoms with Gasteiger partial charge in [0.2, 0.25) is 0 Å². The number of anilines is 1. The zero-order valence-corrected chi connectivity index (χ0v) is 11.4. The summed E-state index contributed by atoms with van der Waals surface area (Å²) in [5.74, 6) is 0.180. The van der Waals surface area contributed by atoms with Gasteiger partial charge in [0.1, 0.15) is 0 Å². The normalized spacial score (nSPS) is 10.3. The van der Waals surface area contributed by atoms with Crippen LogP contribution in [0.4, 0.5) is 5.69 Å². The molecule has 1 aromatic carbocycles. The van der Waals surface area contributed by atoms with Crippen molar-refractivity contribution in [2.45, 2.75) is 26.8 Å². The van der Waals surface area contributed by atoms with E-state index < -0.39 is 0 Å². The number of carbonyl (C=O) groups is 1. The predicted octanol–water partition coefficient (Wildman–Crippen LogP) is 3.66. The first-order valence-corrected chi connectivity index (χ1v) is 6.79. The summed E-state index contributed by atoms with van der Waals surface area (Å²) in [5.41, 5.74) is 1.80. The van der Waals surface area contributed by atoms with Gasteiger partial charge in [-0.2, -0.15) is 0 Å². The van der Waals surface area contributed by atoms with Crippen molar-refractivity contribution >= 4 is 22.8 Å². The van der Waals surface area contributed by atoms with Gasteiger partial charge in [-0.05, 0) is 31.2 Å². The molecule has 0 aliphatic heterocycles. The number of aromatic nitrogens is 1. The topological polar surface area (TPSA) is 42.0 Å². The molecule has 4 heteroatoms. The fraction of sp³-hybridized carbons (Fsp3) is 0.286. The lowest BCUT2D eigenvalue weighted by Gasteiger charge is -2.05. The zero-order valence-electron chi connectivity index (χ0n) is 10.6. The first kappa shape index (κ1) is 12.8. The Morgan fingerprint density at radius 2 is 2.06 bits per heavy atom. The van der Waals surface area contributed by atoms with Gasteiger partial charge >= 0.3 is 0 Å². The molecule has 0 saturated heterocycles. The smallest absolute Gasteiger partial charge is 0.162 e. The molecule has 0 spiro atoms. The molecule has 0 fully saturated rings. The number of rotatable bonds is 5. The third-order valence-corrected chi connectivity index (χ3v) is 3.58. The van der Waals surface area contributed by atoms with Crippen LogP contribution in [0, 0.1) is 6.92 Å². The number of aryl methyl sites for hydroxylation is 1. The highest BCUT2D eigenvalue weighted by atomic mass is 32.1. The third kappa shape index (κ3) is 3.17. The fourth-order valence-corrected chi connectivity index (χ4v) is 2.39. The van der Waals surface area contributed by atoms with Crippen LogP contribution < -0.4 is 5.32 Å². The molecule has 2 aromatic rings. The summed E-state index contributed by atoms with van der Waals surface area (Å²) in [6.07, 6.45) is 2.44. The summed E-state index contributed by atoms with van der Waals surface area (Å²) in [4.78, 5) is 16.9. The average molecular weight is 260 g/mol. The molecule has 0 atom stereocenters. The van der Waals surface area contributed by atoms with Crippen molar-refractivity contribution in [2.75, 3.05) is 5.32 Å². The lowest BCUT2D eigenvalue weighted by Crippen LogP contribution is -1.99. The maximum Gasteiger partial charge on any atom is 0.162 e. The van der Waals surface area contributed by atoms with Gasteiger partial charge in [0.15, 0.2) is 5.78 Å². The van der Waals surface area contributed by atoms with E-state index in [1.54, 1.807) is 11.3 Å². The van der Waals surface area contributed by atoms with Gasteiger partial charge in [0.25, 0.3) is 0 Å². The van der Waals surface area contributed by atoms with Gasteiger partial charge in [0.05, 0.1) is 11.6 Å². The summed E-state index contributed by atoms with van der Waals surface area (Å²) in [7, 11) is 0. The predicted molar refractivity (Wildman–Crippen MR) is 75.2 cm³/mol. The van der Waals surface area contributed by atoms with E-state index in [9.17, 15) is 4.79 Å². The Kier molecular flexibility index (Phi) is 4.10. The molecule has 0 radical (unpaired) electrons. The van der Waals surface area contributed by atoms with Crippen LogP contribution in [0.2, 0.25) is 0 Å². The number of benzene rings is 1. The van der Waals surface area contributed by atoms with E-state index in [4.69, 9.17) is 0 Å². The van der Waals surface area contributed by atoms with E-state index >= 15 is 0 Å². The summed E-state index contributed by atoms with van der Waals surface area (Å²) in [5, 5.41) is 4.40. The molecule has 1 aromatic heterocycles. The quantitative estimate of drug-likeness (QED) is 0.834. The lowest BCUT2D eigenvalue weighted by atomic mass is 10.1. The van der Waals surface area contributed by atoms with Crippen molar-refractivity contribution in [3.05, 3.63) is 45.9 Å². The number of nitrogens with one attached hydrogen (secondary N) is 1. The Hall–Kier alpha value is -1.68. The fourth-order valence-electron chi connectivity index (χ4n) is 1.65. The first-order valence-electron chi connectivity index (χ1n) is 5.97. The van der Waals surface area contributed by atoms with Crippen LogP contribution in [0.15, 0.2) is 30.5 Å². The van der Waals surface area contributed by atoms with Gasteiger partial charge in [-0.25, -0.2) is 4.98 Å². The maximum absolute atomic E-state index is 11.5. The van der Waals surface area contributed by atoms with Crippen LogP contribution in [-0.2, 0) is 6.54 Å². The molecule has 0 amide bonds. The summed E-state index contributed by atoms with van der Waals surface area (Å²) >= 11 is 1.69. The van der Waals surface area contributed by atoms with Gasteiger partial charge in [-0.15, -0.1) is 11.3 Å². The highest BCUT2D eigenvalue weighted by Crippen LogP contribution is 2.15. The number of ketones is 1. The van der Waals surface area contributed by atoms with Crippen molar-refractivity contribution in [3.63, 3.8) is 0 Å². The minimum absolute atomic E-state index is 0.180. The van der Waals surface area contributed by atoms with Crippen molar-refractivity contribution in [1.82, 2.24) is 4.98 Å². The monoisotopic (exact) mass is 260 g/mol. The molecular weight excluding hydrogens is 244 g/mol. The Bertz CT molecular complexity index is 531. The van der Waals surface area contributed by atoms with E-state index in [0.717, 1.165) is 22.8 Å². The van der Waals surface area contributed by atoms with Crippen LogP contribution in [0.1, 0.15) is 33.6 Å². The number of hydrogen-bond donors (Lipinski definition) is 1. The largest absolute Gasteiger partial charge is 0.380 e. The first-order chi connectivity index (χ1) is 8.69. The van der Waals surface area contributed by atoms with Crippen LogP contribution in [0.25, 0.3) is 0 Å². The third-order valence-electron chi connectivity index (χ3n) is 2.66. The molecule has 1 N–H and O–H groups in total. The van der Waals surface area contributed by atoms with E-state index in [0.29, 0.717) is 6.42 Å². The highest BCUT2D eigenvalue weighted by molar-refractivity contribution is 7.11. The number of hydrogen-bond acceptors (Lipinski definition) is 4. The SMILES string of the molecule is CCC(=O)c1ccc(NCc2cnc(C)s2)cc1. The molecular formula is C14H16N2OS. The van der Waals surface area contributed by atoms with Gasteiger partial charge in [-0.3, -0.25) is 4.79 Å². The van der Waals surface area contributed by atoms with Gasteiger partial charge in [-0.1, -0.05) is 6.92 Å². The molecule has 0 unspecified atom stereocenters. The number of nitrogens with zero attached hydrogens (tertiary/aromatic N) is 1. The molecule has 1 heterocycles. The van der Waals surface area contributed by atoms with E-state index in [1.807, 2.05) is 44.3 Å². The molecule has 2 rings (SSSR count). The Labute approximate surface area is 111 Å². The van der Waals surface area contributed by atoms with Crippen LogP contribution in [-0.4, -0.2) is 10.8 Å². The van der Waals surface area contributed by atoms with Crippen molar-refractivity contribution in [2.24, 2.45) is 0 Å². The Morgan fingerprint density at radius 1 is 1.33 bits per heavy atom. The second kappa shape index (κ2) is 5.78. The van der Waals surface area contributed by atoms with Crippen LogP contribution >= 0.6 is 11.3 Å². The Morgan fingerprint density at radius 3 is 2.61 bits per heavy atom. The second-order valence-corrected chi connectivity index (χ2v) is 5.37. The summed E-state index contributed by atoms with van der Waals surface area (Å²) in [6.45, 7) is 4.65. The molecule has 94 valence electrons. The molecule has 3 nitrogen and oxygen atoms in total. The second-order valence-electron chi connectivity index (χ2n) is 4.05. The Balaban J connectivity index is 1.96. The molecule has 18 heavy (non-hydrogen) atoms. The maximum atomic E-state index is 11.5. The van der Waals surface area contributed by atoms with E-state index in [1.165, 1.54) is 4.88 Å². The minimum atomic E-state index is 0.180. The van der Waals surface area contributed by atoms with Gasteiger partial charge in [0, 0.05) is 28.7 Å².